The Morgan fingerprint density at radius 1 is 0.329 bits per heavy atom. The van der Waals surface area contributed by atoms with Crippen molar-refractivity contribution in [2.75, 3.05) is 13.2 Å². The fourth-order valence-electron chi connectivity index (χ4n) is 11.7. The fraction of sp³-hybridized carbons (Fsp3) is 0.848. The van der Waals surface area contributed by atoms with Crippen LogP contribution in [0.2, 0.25) is 0 Å². The Balaban J connectivity index is 3.44. The van der Waals surface area contributed by atoms with Gasteiger partial charge in [-0.1, -0.05) is 357 Å². The van der Waals surface area contributed by atoms with Crippen LogP contribution in [0.25, 0.3) is 0 Å². The Morgan fingerprint density at radius 2 is 0.588 bits per heavy atom. The van der Waals surface area contributed by atoms with Gasteiger partial charge in [0.1, 0.15) is 0 Å². The highest BCUT2D eigenvalue weighted by molar-refractivity contribution is 5.76. The van der Waals surface area contributed by atoms with Gasteiger partial charge in [-0.3, -0.25) is 9.59 Å². The molecule has 0 aliphatic heterocycles. The SMILES string of the molecule is CCCCC/C=C\C/C=C\CCCCCCCCCCCC(=O)OCCCCCCCCCCC/C=C\C/C=C\CCCCCCCCCCCCCC(=O)NC(CO)C(O)/C=C/CCCCCCCCCCCCCCCCCCCCCC. The van der Waals surface area contributed by atoms with Gasteiger partial charge in [0.25, 0.3) is 0 Å². The Labute approximate surface area is 530 Å². The van der Waals surface area contributed by atoms with Gasteiger partial charge >= 0.3 is 5.97 Å². The smallest absolute Gasteiger partial charge is 0.305 e. The predicted octanol–water partition coefficient (Wildman–Crippen LogP) is 25.0. The monoisotopic (exact) mass is 1190 g/mol. The van der Waals surface area contributed by atoms with Crippen molar-refractivity contribution in [3.8, 4) is 0 Å². The summed E-state index contributed by atoms with van der Waals surface area (Å²) in [6.07, 6.45) is 98.9. The number of unbranched alkanes of at least 4 members (excludes halogenated alkanes) is 52. The summed E-state index contributed by atoms with van der Waals surface area (Å²) in [5.41, 5.74) is 0. The van der Waals surface area contributed by atoms with Crippen LogP contribution in [0, 0.1) is 0 Å². The van der Waals surface area contributed by atoms with Gasteiger partial charge in [0.05, 0.1) is 25.4 Å². The molecule has 0 spiro atoms. The van der Waals surface area contributed by atoms with Gasteiger partial charge in [-0.25, -0.2) is 0 Å². The molecule has 0 heterocycles. The van der Waals surface area contributed by atoms with E-state index < -0.39 is 12.1 Å². The lowest BCUT2D eigenvalue weighted by Gasteiger charge is -2.20. The third-order valence-corrected chi connectivity index (χ3v) is 17.5. The minimum atomic E-state index is -0.849. The minimum Gasteiger partial charge on any atom is -0.466 e. The topological polar surface area (TPSA) is 95.9 Å². The zero-order chi connectivity index (χ0) is 61.3. The van der Waals surface area contributed by atoms with Crippen LogP contribution >= 0.6 is 0 Å². The maximum Gasteiger partial charge on any atom is 0.305 e. The maximum absolute atomic E-state index is 12.5. The molecule has 0 fully saturated rings. The molecule has 0 aromatic rings. The third-order valence-electron chi connectivity index (χ3n) is 17.5. The minimum absolute atomic E-state index is 0.00669. The van der Waals surface area contributed by atoms with Gasteiger partial charge in [0.15, 0.2) is 0 Å². The molecule has 2 atom stereocenters. The quantitative estimate of drug-likeness (QED) is 0.0320. The van der Waals surface area contributed by atoms with Crippen LogP contribution in [-0.4, -0.2) is 47.4 Å². The van der Waals surface area contributed by atoms with E-state index in [4.69, 9.17) is 4.74 Å². The Hall–Kier alpha value is -2.44. The summed E-state index contributed by atoms with van der Waals surface area (Å²) >= 11 is 0. The number of hydrogen-bond donors (Lipinski definition) is 3. The summed E-state index contributed by atoms with van der Waals surface area (Å²) in [4.78, 5) is 24.7. The zero-order valence-electron chi connectivity index (χ0n) is 57.1. The highest BCUT2D eigenvalue weighted by atomic mass is 16.5. The number of nitrogens with one attached hydrogen (secondary N) is 1. The van der Waals surface area contributed by atoms with E-state index >= 15 is 0 Å². The summed E-state index contributed by atoms with van der Waals surface area (Å²) in [6, 6.07) is -0.633. The van der Waals surface area contributed by atoms with E-state index in [0.717, 1.165) is 57.8 Å². The first-order chi connectivity index (χ1) is 42.0. The summed E-state index contributed by atoms with van der Waals surface area (Å²) < 4.78 is 5.50. The highest BCUT2D eigenvalue weighted by Gasteiger charge is 2.18. The molecule has 0 bridgehead atoms. The molecule has 6 heteroatoms. The summed E-state index contributed by atoms with van der Waals surface area (Å²) in [6.45, 7) is 4.91. The van der Waals surface area contributed by atoms with Crippen molar-refractivity contribution < 1.29 is 24.5 Å². The molecule has 2 unspecified atom stereocenters. The predicted molar refractivity (Wildman–Crippen MR) is 375 cm³/mol. The lowest BCUT2D eigenvalue weighted by atomic mass is 10.0. The van der Waals surface area contributed by atoms with Crippen molar-refractivity contribution in [3.05, 3.63) is 60.8 Å². The summed E-state index contributed by atoms with van der Waals surface area (Å²) in [5.74, 6) is -0.0612. The van der Waals surface area contributed by atoms with Crippen LogP contribution in [-0.2, 0) is 14.3 Å². The average molecular weight is 1190 g/mol. The normalized spacial score (nSPS) is 12.8. The molecule has 0 saturated carbocycles. The van der Waals surface area contributed by atoms with Gasteiger partial charge in [-0.05, 0) is 96.3 Å². The number of aliphatic hydroxyl groups excluding tert-OH is 2. The first kappa shape index (κ1) is 82.6. The second kappa shape index (κ2) is 74.0. The molecule has 85 heavy (non-hydrogen) atoms. The number of allylic oxidation sites excluding steroid dienone is 9. The van der Waals surface area contributed by atoms with Crippen LogP contribution in [0.4, 0.5) is 0 Å². The number of carbonyl (C=O) groups excluding carboxylic acids is 2. The van der Waals surface area contributed by atoms with Crippen molar-refractivity contribution in [1.29, 1.82) is 0 Å². The Kier molecular flexibility index (Phi) is 71.9. The highest BCUT2D eigenvalue weighted by Crippen LogP contribution is 2.18. The molecule has 0 saturated heterocycles. The van der Waals surface area contributed by atoms with Gasteiger partial charge in [-0.15, -0.1) is 0 Å². The lowest BCUT2D eigenvalue weighted by Crippen LogP contribution is -2.45. The Bertz CT molecular complexity index is 1470. The van der Waals surface area contributed by atoms with Crippen LogP contribution in [0.1, 0.15) is 406 Å². The van der Waals surface area contributed by atoms with E-state index in [2.05, 4.69) is 67.8 Å². The molecule has 1 amide bonds. The molecule has 3 N–H and O–H groups in total. The van der Waals surface area contributed by atoms with Crippen LogP contribution in [0.15, 0.2) is 60.8 Å². The first-order valence-corrected chi connectivity index (χ1v) is 38.1. The van der Waals surface area contributed by atoms with E-state index in [0.29, 0.717) is 19.4 Å². The van der Waals surface area contributed by atoms with Gasteiger partial charge in [0.2, 0.25) is 5.91 Å². The summed E-state index contributed by atoms with van der Waals surface area (Å²) in [5, 5.41) is 23.3. The van der Waals surface area contributed by atoms with Crippen LogP contribution in [0.3, 0.4) is 0 Å². The average Bonchev–Trinajstić information content (AvgIpc) is 3.51. The molecule has 0 aromatic carbocycles. The number of carbonyl (C=O) groups is 2. The van der Waals surface area contributed by atoms with Crippen molar-refractivity contribution in [2.24, 2.45) is 0 Å². The second-order valence-electron chi connectivity index (χ2n) is 26.0. The number of rotatable bonds is 71. The van der Waals surface area contributed by atoms with Crippen molar-refractivity contribution in [3.63, 3.8) is 0 Å². The molecule has 0 aliphatic rings. The summed E-state index contributed by atoms with van der Waals surface area (Å²) in [7, 11) is 0. The maximum atomic E-state index is 12.5. The fourth-order valence-corrected chi connectivity index (χ4v) is 11.7. The van der Waals surface area contributed by atoms with Crippen molar-refractivity contribution in [1.82, 2.24) is 5.32 Å². The van der Waals surface area contributed by atoms with E-state index in [-0.39, 0.29) is 18.5 Å². The van der Waals surface area contributed by atoms with Crippen LogP contribution < -0.4 is 5.32 Å². The molecular weight excluding hydrogens is 1040 g/mol. The second-order valence-corrected chi connectivity index (χ2v) is 26.0. The molecule has 498 valence electrons. The standard InChI is InChI=1S/C79H147NO5/c1-3-5-7-9-11-13-15-17-19-21-23-24-32-36-39-43-47-51-55-59-63-67-71-77(82)76(75-81)80-78(83)72-68-64-60-56-52-48-44-40-37-33-30-28-26-25-27-29-31-34-38-42-46-50-54-58-62-66-70-74-85-79(84)73-69-65-61-57-53-49-45-41-35-22-20-18-16-14-12-10-8-6-4-2/h12,14,18,20,25-26,29,31,67,71,76-77,81-82H,3-11,13,15-17,19,21-24,27-28,30,32-66,68-70,72-75H2,1-2H3,(H,80,83)/b14-12-,20-18-,26-25-,31-29-,71-67+. The van der Waals surface area contributed by atoms with E-state index in [1.165, 1.54) is 321 Å². The lowest BCUT2D eigenvalue weighted by molar-refractivity contribution is -0.143. The van der Waals surface area contributed by atoms with Gasteiger partial charge < -0.3 is 20.3 Å². The number of aliphatic hydroxyl groups is 2. The molecule has 6 nitrogen and oxygen atoms in total. The van der Waals surface area contributed by atoms with Crippen LogP contribution in [0.5, 0.6) is 0 Å². The van der Waals surface area contributed by atoms with Crippen molar-refractivity contribution >= 4 is 11.9 Å². The zero-order valence-corrected chi connectivity index (χ0v) is 57.1. The van der Waals surface area contributed by atoms with E-state index in [9.17, 15) is 19.8 Å². The number of ether oxygens (including phenoxy) is 1. The molecule has 0 aromatic heterocycles. The molecule has 0 rings (SSSR count). The molecule has 0 aliphatic carbocycles. The van der Waals surface area contributed by atoms with E-state index in [1.807, 2.05) is 6.08 Å². The van der Waals surface area contributed by atoms with Gasteiger partial charge in [0, 0.05) is 12.8 Å². The Morgan fingerprint density at radius 3 is 0.918 bits per heavy atom. The van der Waals surface area contributed by atoms with Gasteiger partial charge in [-0.2, -0.15) is 0 Å². The van der Waals surface area contributed by atoms with Crippen molar-refractivity contribution in [2.45, 2.75) is 418 Å². The number of hydrogen-bond acceptors (Lipinski definition) is 5. The molecule has 0 radical (unpaired) electrons. The number of esters is 1. The third kappa shape index (κ3) is 70.5. The molecular formula is C79H147NO5. The largest absolute Gasteiger partial charge is 0.466 e. The first-order valence-electron chi connectivity index (χ1n) is 38.1. The van der Waals surface area contributed by atoms with E-state index in [1.54, 1.807) is 6.08 Å². The number of amides is 1.